The number of nitrogens with zero attached hydrogens (tertiary/aromatic N) is 2. The summed E-state index contributed by atoms with van der Waals surface area (Å²) in [6, 6.07) is 13.3. The van der Waals surface area contributed by atoms with E-state index in [2.05, 4.69) is 10.3 Å². The lowest BCUT2D eigenvalue weighted by atomic mass is 10.1. The van der Waals surface area contributed by atoms with Crippen LogP contribution in [-0.4, -0.2) is 15.6 Å². The minimum absolute atomic E-state index is 0.181. The topological polar surface area (TPSA) is 46.4 Å². The molecule has 0 bridgehead atoms. The third-order valence-electron chi connectivity index (χ3n) is 4.02. The van der Waals surface area contributed by atoms with Crippen molar-refractivity contribution in [3.8, 4) is 0 Å². The molecule has 1 saturated heterocycles. The van der Waals surface area contributed by atoms with Crippen molar-refractivity contribution in [3.05, 3.63) is 69.2 Å². The van der Waals surface area contributed by atoms with Crippen LogP contribution < -0.4 is 5.32 Å². The van der Waals surface area contributed by atoms with E-state index in [9.17, 15) is 4.79 Å². The summed E-state index contributed by atoms with van der Waals surface area (Å²) >= 11 is 13.5. The van der Waals surface area contributed by atoms with Crippen molar-refractivity contribution in [2.24, 2.45) is 12.0 Å². The van der Waals surface area contributed by atoms with Gasteiger partial charge in [-0.05, 0) is 36.0 Å². The SMILES string of the molecule is Cn1cc(C=C2SC(=Nc3cccc(Cl)c3Cl)NC2=O)c2ccccc21. The number of benzene rings is 2. The van der Waals surface area contributed by atoms with Crippen molar-refractivity contribution in [1.82, 2.24) is 9.88 Å². The summed E-state index contributed by atoms with van der Waals surface area (Å²) in [7, 11) is 1.99. The Labute approximate surface area is 164 Å². The average molecular weight is 402 g/mol. The lowest BCUT2D eigenvalue weighted by molar-refractivity contribution is -0.115. The van der Waals surface area contributed by atoms with Gasteiger partial charge in [0.2, 0.25) is 0 Å². The van der Waals surface area contributed by atoms with Crippen LogP contribution in [0.25, 0.3) is 17.0 Å². The fraction of sp³-hybridized carbons (Fsp3) is 0.0526. The number of nitrogens with one attached hydrogen (secondary N) is 1. The van der Waals surface area contributed by atoms with Gasteiger partial charge in [0.15, 0.2) is 5.17 Å². The third-order valence-corrected chi connectivity index (χ3v) is 5.74. The monoisotopic (exact) mass is 401 g/mol. The Morgan fingerprint density at radius 2 is 1.96 bits per heavy atom. The van der Waals surface area contributed by atoms with Crippen LogP contribution in [0.2, 0.25) is 10.0 Å². The van der Waals surface area contributed by atoms with E-state index in [1.165, 1.54) is 11.8 Å². The summed E-state index contributed by atoms with van der Waals surface area (Å²) in [5.41, 5.74) is 2.62. The molecule has 3 aromatic rings. The number of fused-ring (bicyclic) bond motifs is 1. The fourth-order valence-corrected chi connectivity index (χ4v) is 3.96. The molecule has 2 aromatic carbocycles. The maximum Gasteiger partial charge on any atom is 0.264 e. The van der Waals surface area contributed by atoms with Crippen LogP contribution in [0, 0.1) is 0 Å². The van der Waals surface area contributed by atoms with Crippen molar-refractivity contribution in [2.45, 2.75) is 0 Å². The minimum atomic E-state index is -0.181. The van der Waals surface area contributed by atoms with E-state index in [1.807, 2.05) is 48.2 Å². The van der Waals surface area contributed by atoms with E-state index < -0.39 is 0 Å². The van der Waals surface area contributed by atoms with E-state index in [1.54, 1.807) is 18.2 Å². The number of amidine groups is 1. The van der Waals surface area contributed by atoms with Gasteiger partial charge in [0.05, 0.1) is 20.6 Å². The predicted molar refractivity (Wildman–Crippen MR) is 110 cm³/mol. The fourth-order valence-electron chi connectivity index (χ4n) is 2.80. The van der Waals surface area contributed by atoms with Crippen LogP contribution in [0.4, 0.5) is 5.69 Å². The van der Waals surface area contributed by atoms with Gasteiger partial charge in [-0.2, -0.15) is 0 Å². The molecule has 4 nitrogen and oxygen atoms in total. The highest BCUT2D eigenvalue weighted by Gasteiger charge is 2.24. The standard InChI is InChI=1S/C19H13Cl2N3OS/c1-24-10-11(12-5-2-3-8-15(12)24)9-16-18(25)23-19(26-16)22-14-7-4-6-13(20)17(14)21/h2-10H,1H3,(H,22,23,25). The Balaban J connectivity index is 1.69. The number of halogens is 2. The number of hydrogen-bond acceptors (Lipinski definition) is 3. The van der Waals surface area contributed by atoms with Gasteiger partial charge >= 0.3 is 0 Å². The van der Waals surface area contributed by atoms with E-state index in [0.717, 1.165) is 16.5 Å². The quantitative estimate of drug-likeness (QED) is 0.586. The predicted octanol–water partition coefficient (Wildman–Crippen LogP) is 5.38. The first-order valence-electron chi connectivity index (χ1n) is 7.80. The second kappa shape index (κ2) is 6.83. The molecule has 0 saturated carbocycles. The number of thioether (sulfide) groups is 1. The molecule has 0 atom stereocenters. The van der Waals surface area contributed by atoms with E-state index in [-0.39, 0.29) is 5.91 Å². The largest absolute Gasteiger partial charge is 0.350 e. The van der Waals surface area contributed by atoms with E-state index >= 15 is 0 Å². The first-order chi connectivity index (χ1) is 12.5. The summed E-state index contributed by atoms with van der Waals surface area (Å²) in [5, 5.41) is 5.13. The Bertz CT molecular complexity index is 1100. The van der Waals surface area contributed by atoms with Crippen molar-refractivity contribution < 1.29 is 4.79 Å². The highest BCUT2D eigenvalue weighted by Crippen LogP contribution is 2.35. The molecule has 1 aliphatic heterocycles. The minimum Gasteiger partial charge on any atom is -0.350 e. The first-order valence-corrected chi connectivity index (χ1v) is 9.38. The van der Waals surface area contributed by atoms with Crippen molar-refractivity contribution in [2.75, 3.05) is 0 Å². The zero-order valence-corrected chi connectivity index (χ0v) is 16.0. The smallest absolute Gasteiger partial charge is 0.264 e. The third kappa shape index (κ3) is 3.14. The van der Waals surface area contributed by atoms with Crippen LogP contribution in [0.5, 0.6) is 0 Å². The normalized spacial score (nSPS) is 17.4. The zero-order valence-electron chi connectivity index (χ0n) is 13.7. The molecule has 4 rings (SSSR count). The maximum atomic E-state index is 12.3. The lowest BCUT2D eigenvalue weighted by Crippen LogP contribution is -2.19. The van der Waals surface area contributed by atoms with Crippen molar-refractivity contribution >= 4 is 68.7 Å². The molecule has 1 N–H and O–H groups in total. The van der Waals surface area contributed by atoms with Gasteiger partial charge in [-0.15, -0.1) is 0 Å². The highest BCUT2D eigenvalue weighted by molar-refractivity contribution is 8.18. The summed E-state index contributed by atoms with van der Waals surface area (Å²) < 4.78 is 2.04. The van der Waals surface area contributed by atoms with Crippen molar-refractivity contribution in [3.63, 3.8) is 0 Å². The Morgan fingerprint density at radius 3 is 2.81 bits per heavy atom. The molecule has 26 heavy (non-hydrogen) atoms. The number of carbonyl (C=O) groups excluding carboxylic acids is 1. The molecular formula is C19H13Cl2N3OS. The zero-order chi connectivity index (χ0) is 18.3. The number of rotatable bonds is 2. The van der Waals surface area contributed by atoms with Gasteiger partial charge in [-0.25, -0.2) is 4.99 Å². The van der Waals surface area contributed by atoms with Crippen LogP contribution in [0.1, 0.15) is 5.56 Å². The molecule has 1 amide bonds. The van der Waals surface area contributed by atoms with Crippen LogP contribution in [0.15, 0.2) is 58.6 Å². The summed E-state index contributed by atoms with van der Waals surface area (Å²) in [6.45, 7) is 0. The van der Waals surface area contributed by atoms with E-state index in [4.69, 9.17) is 23.2 Å². The summed E-state index contributed by atoms with van der Waals surface area (Å²) in [6.07, 6.45) is 3.89. The summed E-state index contributed by atoms with van der Waals surface area (Å²) in [5.74, 6) is -0.181. The molecule has 0 aliphatic carbocycles. The number of aryl methyl sites for hydroxylation is 1. The molecule has 1 aliphatic rings. The molecule has 0 unspecified atom stereocenters. The number of carbonyl (C=O) groups is 1. The average Bonchev–Trinajstić information content (AvgIpc) is 3.13. The number of amides is 1. The Hall–Kier alpha value is -2.21. The number of hydrogen-bond donors (Lipinski definition) is 1. The first kappa shape index (κ1) is 17.2. The van der Waals surface area contributed by atoms with Gasteiger partial charge in [-0.3, -0.25) is 4.79 Å². The van der Waals surface area contributed by atoms with Gasteiger partial charge < -0.3 is 9.88 Å². The van der Waals surface area contributed by atoms with Crippen LogP contribution in [-0.2, 0) is 11.8 Å². The van der Waals surface area contributed by atoms with Crippen LogP contribution in [0.3, 0.4) is 0 Å². The van der Waals surface area contributed by atoms with Gasteiger partial charge in [0, 0.05) is 29.7 Å². The molecule has 2 heterocycles. The van der Waals surface area contributed by atoms with Gasteiger partial charge in [0.1, 0.15) is 0 Å². The van der Waals surface area contributed by atoms with Gasteiger partial charge in [-0.1, -0.05) is 47.5 Å². The number of aliphatic imine (C=N–C) groups is 1. The highest BCUT2D eigenvalue weighted by atomic mass is 35.5. The van der Waals surface area contributed by atoms with Crippen LogP contribution >= 0.6 is 35.0 Å². The number of aromatic nitrogens is 1. The molecule has 1 aromatic heterocycles. The maximum absolute atomic E-state index is 12.3. The van der Waals surface area contributed by atoms with Crippen molar-refractivity contribution in [1.29, 1.82) is 0 Å². The number of para-hydroxylation sites is 1. The molecule has 0 radical (unpaired) electrons. The van der Waals surface area contributed by atoms with Gasteiger partial charge in [0.25, 0.3) is 5.91 Å². The molecule has 7 heteroatoms. The second-order valence-electron chi connectivity index (χ2n) is 5.77. The molecule has 1 fully saturated rings. The molecule has 0 spiro atoms. The second-order valence-corrected chi connectivity index (χ2v) is 7.58. The Morgan fingerprint density at radius 1 is 1.15 bits per heavy atom. The molecule has 130 valence electrons. The molecular weight excluding hydrogens is 389 g/mol. The summed E-state index contributed by atoms with van der Waals surface area (Å²) in [4.78, 5) is 17.3. The Kier molecular flexibility index (Phi) is 4.53. The lowest BCUT2D eigenvalue weighted by Gasteiger charge is -2.00. The van der Waals surface area contributed by atoms with E-state index in [0.29, 0.717) is 25.8 Å².